The van der Waals surface area contributed by atoms with Gasteiger partial charge in [-0.2, -0.15) is 0 Å². The molecule has 0 amide bonds. The van der Waals surface area contributed by atoms with E-state index in [1.807, 2.05) is 0 Å². The number of alkyl halides is 2. The summed E-state index contributed by atoms with van der Waals surface area (Å²) in [5.74, 6) is -1.35. The van der Waals surface area contributed by atoms with E-state index in [1.165, 1.54) is 6.20 Å². The van der Waals surface area contributed by atoms with Crippen LogP contribution < -0.4 is 0 Å². The number of carboxylic acids is 1. The molecule has 0 unspecified atom stereocenters. The molecular weight excluding hydrogens is 156 g/mol. The molecule has 1 aromatic rings. The molecule has 0 fully saturated rings. The average Bonchev–Trinajstić information content (AvgIpc) is 2.32. The minimum absolute atomic E-state index is 0.375. The molecule has 0 bridgehead atoms. The molecule has 5 heteroatoms. The van der Waals surface area contributed by atoms with E-state index >= 15 is 0 Å². The summed E-state index contributed by atoms with van der Waals surface area (Å²) in [5.41, 5.74) is -0.919. The average molecular weight is 161 g/mol. The number of aromatic amines is 1. The van der Waals surface area contributed by atoms with Crippen LogP contribution in [0.25, 0.3) is 0 Å². The zero-order valence-electron chi connectivity index (χ0n) is 5.34. The van der Waals surface area contributed by atoms with E-state index in [4.69, 9.17) is 5.11 Å². The fraction of sp³-hybridized carbons (Fsp3) is 0.167. The minimum Gasteiger partial charge on any atom is -0.478 e. The summed E-state index contributed by atoms with van der Waals surface area (Å²) in [4.78, 5) is 12.4. The number of carbonyl (C=O) groups is 1. The standard InChI is InChI=1S/C6H5F2NO2/c7-5(8)4-3(6(10)11)1-2-9-4/h1-2,5,9H,(H,10,11). The number of rotatable bonds is 2. The van der Waals surface area contributed by atoms with Crippen molar-refractivity contribution in [1.82, 2.24) is 4.98 Å². The van der Waals surface area contributed by atoms with Crippen LogP contribution in [0.5, 0.6) is 0 Å². The molecule has 1 aromatic heterocycles. The molecule has 3 nitrogen and oxygen atoms in total. The van der Waals surface area contributed by atoms with E-state index in [2.05, 4.69) is 4.98 Å². The molecule has 11 heavy (non-hydrogen) atoms. The summed E-state index contributed by atoms with van der Waals surface area (Å²) >= 11 is 0. The van der Waals surface area contributed by atoms with Gasteiger partial charge in [0.05, 0.1) is 11.3 Å². The molecular formula is C6H5F2NO2. The van der Waals surface area contributed by atoms with Crippen LogP contribution in [0.3, 0.4) is 0 Å². The summed E-state index contributed by atoms with van der Waals surface area (Å²) in [7, 11) is 0. The molecule has 0 radical (unpaired) electrons. The molecule has 0 aliphatic carbocycles. The lowest BCUT2D eigenvalue weighted by molar-refractivity contribution is 0.0684. The van der Waals surface area contributed by atoms with Gasteiger partial charge in [0.15, 0.2) is 0 Å². The first-order valence-corrected chi connectivity index (χ1v) is 2.81. The predicted molar refractivity (Wildman–Crippen MR) is 32.7 cm³/mol. The Kier molecular flexibility index (Phi) is 1.89. The molecule has 2 N–H and O–H groups in total. The van der Waals surface area contributed by atoms with Gasteiger partial charge < -0.3 is 10.1 Å². The van der Waals surface area contributed by atoms with Gasteiger partial charge in [-0.25, -0.2) is 13.6 Å². The Hall–Kier alpha value is -1.39. The fourth-order valence-electron chi connectivity index (χ4n) is 0.749. The summed E-state index contributed by atoms with van der Waals surface area (Å²) in [6, 6.07) is 1.10. The number of aromatic nitrogens is 1. The third kappa shape index (κ3) is 1.36. The number of carboxylic acid groups (broad SMARTS) is 1. The highest BCUT2D eigenvalue weighted by Gasteiger charge is 2.18. The molecule has 0 saturated heterocycles. The van der Waals surface area contributed by atoms with Gasteiger partial charge in [0.1, 0.15) is 0 Å². The van der Waals surface area contributed by atoms with Crippen molar-refractivity contribution >= 4 is 5.97 Å². The van der Waals surface area contributed by atoms with Gasteiger partial charge in [-0.15, -0.1) is 0 Å². The Labute approximate surface area is 60.7 Å². The number of hydrogen-bond acceptors (Lipinski definition) is 1. The number of halogens is 2. The normalized spacial score (nSPS) is 10.5. The van der Waals surface area contributed by atoms with Gasteiger partial charge >= 0.3 is 5.97 Å². The lowest BCUT2D eigenvalue weighted by atomic mass is 10.2. The van der Waals surface area contributed by atoms with Gasteiger partial charge in [0.25, 0.3) is 6.43 Å². The van der Waals surface area contributed by atoms with E-state index in [-0.39, 0.29) is 5.56 Å². The molecule has 60 valence electrons. The lowest BCUT2D eigenvalue weighted by Gasteiger charge is -1.96. The highest BCUT2D eigenvalue weighted by Crippen LogP contribution is 2.20. The molecule has 0 aromatic carbocycles. The van der Waals surface area contributed by atoms with Gasteiger partial charge in [-0.1, -0.05) is 0 Å². The summed E-state index contributed by atoms with van der Waals surface area (Å²) < 4.78 is 23.9. The van der Waals surface area contributed by atoms with E-state index < -0.39 is 18.1 Å². The second-order valence-electron chi connectivity index (χ2n) is 1.91. The third-order valence-electron chi connectivity index (χ3n) is 1.23. The van der Waals surface area contributed by atoms with Crippen molar-refractivity contribution < 1.29 is 18.7 Å². The predicted octanol–water partition coefficient (Wildman–Crippen LogP) is 1.65. The lowest BCUT2D eigenvalue weighted by Crippen LogP contribution is -1.99. The van der Waals surface area contributed by atoms with Crippen LogP contribution in [0.1, 0.15) is 22.5 Å². The minimum atomic E-state index is -2.77. The first-order valence-electron chi connectivity index (χ1n) is 2.81. The SMILES string of the molecule is O=C(O)c1cc[nH]c1C(F)F. The number of H-pyrrole nitrogens is 1. The monoisotopic (exact) mass is 161 g/mol. The van der Waals surface area contributed by atoms with E-state index in [0.29, 0.717) is 0 Å². The van der Waals surface area contributed by atoms with Crippen LogP contribution in [0.2, 0.25) is 0 Å². The van der Waals surface area contributed by atoms with E-state index in [0.717, 1.165) is 6.07 Å². The zero-order valence-corrected chi connectivity index (χ0v) is 5.34. The Morgan fingerprint density at radius 2 is 2.27 bits per heavy atom. The Morgan fingerprint density at radius 1 is 1.64 bits per heavy atom. The highest BCUT2D eigenvalue weighted by atomic mass is 19.3. The molecule has 1 heterocycles. The van der Waals surface area contributed by atoms with Crippen molar-refractivity contribution in [3.05, 3.63) is 23.5 Å². The molecule has 0 aliphatic heterocycles. The van der Waals surface area contributed by atoms with Crippen LogP contribution in [0.4, 0.5) is 8.78 Å². The quantitative estimate of drug-likeness (QED) is 0.692. The maximum Gasteiger partial charge on any atom is 0.337 e. The van der Waals surface area contributed by atoms with Crippen LogP contribution in [-0.4, -0.2) is 16.1 Å². The van der Waals surface area contributed by atoms with Crippen molar-refractivity contribution in [2.75, 3.05) is 0 Å². The number of hydrogen-bond donors (Lipinski definition) is 2. The fourth-order valence-corrected chi connectivity index (χ4v) is 0.749. The van der Waals surface area contributed by atoms with Crippen molar-refractivity contribution in [3.8, 4) is 0 Å². The maximum atomic E-state index is 11.9. The van der Waals surface area contributed by atoms with Crippen molar-refractivity contribution in [3.63, 3.8) is 0 Å². The Balaban J connectivity index is 3.06. The first-order chi connectivity index (χ1) is 5.13. The van der Waals surface area contributed by atoms with Gasteiger partial charge in [0.2, 0.25) is 0 Å². The molecule has 0 spiro atoms. The zero-order chi connectivity index (χ0) is 8.43. The summed E-state index contributed by atoms with van der Waals surface area (Å²) in [6.45, 7) is 0. The van der Waals surface area contributed by atoms with Crippen LogP contribution in [0, 0.1) is 0 Å². The smallest absolute Gasteiger partial charge is 0.337 e. The van der Waals surface area contributed by atoms with E-state index in [1.54, 1.807) is 0 Å². The number of aromatic carboxylic acids is 1. The third-order valence-corrected chi connectivity index (χ3v) is 1.23. The van der Waals surface area contributed by atoms with Crippen LogP contribution >= 0.6 is 0 Å². The topological polar surface area (TPSA) is 53.1 Å². The van der Waals surface area contributed by atoms with Gasteiger partial charge in [-0.3, -0.25) is 0 Å². The number of nitrogens with one attached hydrogen (secondary N) is 1. The Morgan fingerprint density at radius 3 is 2.64 bits per heavy atom. The molecule has 1 rings (SSSR count). The van der Waals surface area contributed by atoms with Gasteiger partial charge in [0, 0.05) is 6.20 Å². The first kappa shape index (κ1) is 7.71. The molecule has 0 saturated carbocycles. The second kappa shape index (κ2) is 2.69. The maximum absolute atomic E-state index is 11.9. The van der Waals surface area contributed by atoms with Crippen LogP contribution in [-0.2, 0) is 0 Å². The molecule has 0 aliphatic rings. The second-order valence-corrected chi connectivity index (χ2v) is 1.91. The highest BCUT2D eigenvalue weighted by molar-refractivity contribution is 5.89. The van der Waals surface area contributed by atoms with Crippen molar-refractivity contribution in [2.45, 2.75) is 6.43 Å². The van der Waals surface area contributed by atoms with Crippen molar-refractivity contribution in [1.29, 1.82) is 0 Å². The van der Waals surface area contributed by atoms with Crippen LogP contribution in [0.15, 0.2) is 12.3 Å². The largest absolute Gasteiger partial charge is 0.478 e. The Bertz CT molecular complexity index is 269. The summed E-state index contributed by atoms with van der Waals surface area (Å²) in [6.07, 6.45) is -1.60. The van der Waals surface area contributed by atoms with Crippen molar-refractivity contribution in [2.24, 2.45) is 0 Å². The van der Waals surface area contributed by atoms with Gasteiger partial charge in [-0.05, 0) is 6.07 Å². The molecule has 0 atom stereocenters. The van der Waals surface area contributed by atoms with E-state index in [9.17, 15) is 13.6 Å². The summed E-state index contributed by atoms with van der Waals surface area (Å²) in [5, 5.41) is 8.35.